The van der Waals surface area contributed by atoms with E-state index in [9.17, 15) is 5.26 Å². The van der Waals surface area contributed by atoms with Gasteiger partial charge in [-0.3, -0.25) is 0 Å². The molecule has 0 bridgehead atoms. The number of benzene rings is 2. The molecule has 0 saturated carbocycles. The first-order valence-electron chi connectivity index (χ1n) is 6.21. The van der Waals surface area contributed by atoms with Gasteiger partial charge in [0.2, 0.25) is 0 Å². The van der Waals surface area contributed by atoms with Gasteiger partial charge in [-0.05, 0) is 36.8 Å². The van der Waals surface area contributed by atoms with Gasteiger partial charge in [0.25, 0.3) is 0 Å². The molecule has 0 aliphatic heterocycles. The Morgan fingerprint density at radius 2 is 1.85 bits per heavy atom. The zero-order valence-electron chi connectivity index (χ0n) is 11.0. The molecule has 4 heteroatoms. The Bertz CT molecular complexity index is 634. The summed E-state index contributed by atoms with van der Waals surface area (Å²) in [5.74, 6) is 0. The summed E-state index contributed by atoms with van der Waals surface area (Å²) >= 11 is 9.54. The summed E-state index contributed by atoms with van der Waals surface area (Å²) in [6.07, 6.45) is 0.599. The van der Waals surface area contributed by atoms with Crippen LogP contribution in [0.3, 0.4) is 0 Å². The van der Waals surface area contributed by atoms with Crippen molar-refractivity contribution in [3.8, 4) is 6.07 Å². The average molecular weight is 350 g/mol. The van der Waals surface area contributed by atoms with Crippen molar-refractivity contribution in [1.82, 2.24) is 0 Å². The second-order valence-electron chi connectivity index (χ2n) is 4.85. The maximum absolute atomic E-state index is 9.49. The van der Waals surface area contributed by atoms with E-state index in [0.717, 1.165) is 15.7 Å². The summed E-state index contributed by atoms with van der Waals surface area (Å²) in [4.78, 5) is 0. The van der Waals surface area contributed by atoms with Crippen molar-refractivity contribution >= 4 is 33.2 Å². The number of halogens is 2. The number of nitriles is 1. The van der Waals surface area contributed by atoms with Gasteiger partial charge in [-0.2, -0.15) is 5.26 Å². The van der Waals surface area contributed by atoms with E-state index in [2.05, 4.69) is 27.3 Å². The zero-order valence-corrected chi connectivity index (χ0v) is 13.4. The van der Waals surface area contributed by atoms with Gasteiger partial charge < -0.3 is 5.32 Å². The lowest BCUT2D eigenvalue weighted by atomic mass is 9.94. The van der Waals surface area contributed by atoms with Crippen molar-refractivity contribution in [3.63, 3.8) is 0 Å². The van der Waals surface area contributed by atoms with Crippen LogP contribution in [-0.2, 0) is 6.42 Å². The summed E-state index contributed by atoms with van der Waals surface area (Å²) in [6, 6.07) is 17.7. The highest BCUT2D eigenvalue weighted by Gasteiger charge is 2.24. The second kappa shape index (κ2) is 6.30. The maximum atomic E-state index is 9.49. The Morgan fingerprint density at radius 1 is 1.20 bits per heavy atom. The van der Waals surface area contributed by atoms with Crippen molar-refractivity contribution in [3.05, 3.63) is 63.6 Å². The van der Waals surface area contributed by atoms with Crippen LogP contribution in [0.25, 0.3) is 0 Å². The Balaban J connectivity index is 2.19. The third-order valence-corrected chi connectivity index (χ3v) is 3.86. The molecule has 0 aromatic heterocycles. The number of anilines is 1. The number of nitrogens with zero attached hydrogens (tertiary/aromatic N) is 1. The molecule has 0 aliphatic carbocycles. The number of hydrogen-bond acceptors (Lipinski definition) is 2. The molecule has 0 saturated heterocycles. The lowest BCUT2D eigenvalue weighted by molar-refractivity contribution is 0.646. The van der Waals surface area contributed by atoms with E-state index in [1.807, 2.05) is 49.4 Å². The summed E-state index contributed by atoms with van der Waals surface area (Å²) < 4.78 is 1.03. The summed E-state index contributed by atoms with van der Waals surface area (Å²) in [5.41, 5.74) is 1.16. The normalized spacial score (nSPS) is 13.3. The fourth-order valence-corrected chi connectivity index (χ4v) is 2.43. The third-order valence-electron chi connectivity index (χ3n) is 3.00. The van der Waals surface area contributed by atoms with Crippen LogP contribution in [0.2, 0.25) is 5.02 Å². The van der Waals surface area contributed by atoms with E-state index in [4.69, 9.17) is 11.6 Å². The van der Waals surface area contributed by atoms with E-state index in [-0.39, 0.29) is 0 Å². The monoisotopic (exact) mass is 348 g/mol. The van der Waals surface area contributed by atoms with Gasteiger partial charge in [0.05, 0.1) is 16.8 Å². The van der Waals surface area contributed by atoms with E-state index in [1.54, 1.807) is 6.07 Å². The van der Waals surface area contributed by atoms with Crippen LogP contribution < -0.4 is 5.32 Å². The fraction of sp³-hybridized carbons (Fsp3) is 0.188. The largest absolute Gasteiger partial charge is 0.366 e. The molecule has 0 amide bonds. The Labute approximate surface area is 132 Å². The molecule has 2 rings (SSSR count). The van der Waals surface area contributed by atoms with Gasteiger partial charge in [0.15, 0.2) is 0 Å². The van der Waals surface area contributed by atoms with Crippen LogP contribution in [0.1, 0.15) is 12.5 Å². The molecule has 1 atom stereocenters. The van der Waals surface area contributed by atoms with Crippen molar-refractivity contribution < 1.29 is 0 Å². The lowest BCUT2D eigenvalue weighted by Gasteiger charge is -2.25. The Morgan fingerprint density at radius 3 is 2.45 bits per heavy atom. The summed E-state index contributed by atoms with van der Waals surface area (Å²) in [7, 11) is 0. The van der Waals surface area contributed by atoms with Crippen LogP contribution in [0, 0.1) is 11.3 Å². The molecule has 0 heterocycles. The Kier molecular flexibility index (Phi) is 4.69. The van der Waals surface area contributed by atoms with Gasteiger partial charge in [-0.25, -0.2) is 0 Å². The molecule has 0 fully saturated rings. The number of nitrogens with one attached hydrogen (secondary N) is 1. The van der Waals surface area contributed by atoms with Crippen LogP contribution >= 0.6 is 27.5 Å². The number of rotatable bonds is 4. The topological polar surface area (TPSA) is 35.8 Å². The standard InChI is InChI=1S/C16H14BrClN2/c1-16(11-19,10-12-6-8-13(17)9-7-12)20-15-5-3-2-4-14(15)18/h2-9,20H,10H2,1H3. The molecule has 2 aromatic carbocycles. The highest BCUT2D eigenvalue weighted by Crippen LogP contribution is 2.26. The molecule has 102 valence electrons. The highest BCUT2D eigenvalue weighted by atomic mass is 79.9. The molecular formula is C16H14BrClN2. The minimum atomic E-state index is -0.710. The smallest absolute Gasteiger partial charge is 0.126 e. The molecule has 2 aromatic rings. The number of para-hydroxylation sites is 1. The van der Waals surface area contributed by atoms with Crippen LogP contribution in [0.5, 0.6) is 0 Å². The second-order valence-corrected chi connectivity index (χ2v) is 6.17. The first-order valence-corrected chi connectivity index (χ1v) is 7.38. The van der Waals surface area contributed by atoms with Crippen LogP contribution in [0.15, 0.2) is 53.0 Å². The zero-order chi connectivity index (χ0) is 14.6. The molecule has 0 radical (unpaired) electrons. The van der Waals surface area contributed by atoms with Gasteiger partial charge in [0.1, 0.15) is 5.54 Å². The van der Waals surface area contributed by atoms with Gasteiger partial charge in [-0.1, -0.05) is 51.8 Å². The SMILES string of the molecule is CC(C#N)(Cc1ccc(Br)cc1)Nc1ccccc1Cl. The van der Waals surface area contributed by atoms with E-state index in [0.29, 0.717) is 11.4 Å². The van der Waals surface area contributed by atoms with E-state index in [1.165, 1.54) is 0 Å². The van der Waals surface area contributed by atoms with Crippen molar-refractivity contribution in [1.29, 1.82) is 5.26 Å². The molecule has 0 spiro atoms. The predicted octanol–water partition coefficient (Wildman–Crippen LogP) is 5.04. The van der Waals surface area contributed by atoms with Crippen molar-refractivity contribution in [2.75, 3.05) is 5.32 Å². The average Bonchev–Trinajstić information content (AvgIpc) is 2.44. The fourth-order valence-electron chi connectivity index (χ4n) is 1.98. The first kappa shape index (κ1) is 14.9. The van der Waals surface area contributed by atoms with Gasteiger partial charge >= 0.3 is 0 Å². The van der Waals surface area contributed by atoms with Crippen molar-refractivity contribution in [2.45, 2.75) is 18.9 Å². The first-order chi connectivity index (χ1) is 9.52. The predicted molar refractivity (Wildman–Crippen MR) is 86.9 cm³/mol. The molecular weight excluding hydrogens is 336 g/mol. The highest BCUT2D eigenvalue weighted by molar-refractivity contribution is 9.10. The molecule has 0 aliphatic rings. The molecule has 1 N–H and O–H groups in total. The van der Waals surface area contributed by atoms with E-state index < -0.39 is 5.54 Å². The Hall–Kier alpha value is -1.50. The quantitative estimate of drug-likeness (QED) is 0.839. The minimum Gasteiger partial charge on any atom is -0.366 e. The third kappa shape index (κ3) is 3.75. The lowest BCUT2D eigenvalue weighted by Crippen LogP contribution is -2.35. The summed E-state index contributed by atoms with van der Waals surface area (Å²) in [5, 5.41) is 13.3. The van der Waals surface area contributed by atoms with Crippen molar-refractivity contribution in [2.24, 2.45) is 0 Å². The van der Waals surface area contributed by atoms with Crippen LogP contribution in [-0.4, -0.2) is 5.54 Å². The van der Waals surface area contributed by atoms with Gasteiger partial charge in [-0.15, -0.1) is 0 Å². The molecule has 20 heavy (non-hydrogen) atoms. The number of hydrogen-bond donors (Lipinski definition) is 1. The minimum absolute atomic E-state index is 0.599. The maximum Gasteiger partial charge on any atom is 0.126 e. The molecule has 1 unspecified atom stereocenters. The molecule has 2 nitrogen and oxygen atoms in total. The van der Waals surface area contributed by atoms with Gasteiger partial charge in [0, 0.05) is 10.9 Å². The van der Waals surface area contributed by atoms with E-state index >= 15 is 0 Å². The van der Waals surface area contributed by atoms with Crippen LogP contribution in [0.4, 0.5) is 5.69 Å². The summed E-state index contributed by atoms with van der Waals surface area (Å²) in [6.45, 7) is 1.87.